The Morgan fingerprint density at radius 2 is 1.81 bits per heavy atom. The van der Waals surface area contributed by atoms with Crippen LogP contribution in [-0.4, -0.2) is 42.1 Å². The van der Waals surface area contributed by atoms with Gasteiger partial charge in [0.2, 0.25) is 11.8 Å². The summed E-state index contributed by atoms with van der Waals surface area (Å²) in [7, 11) is 1.36. The fourth-order valence-corrected chi connectivity index (χ4v) is 6.72. The Morgan fingerprint density at radius 3 is 2.45 bits per heavy atom. The van der Waals surface area contributed by atoms with Crippen molar-refractivity contribution in [3.05, 3.63) is 87.2 Å². The van der Waals surface area contributed by atoms with Crippen LogP contribution in [0.5, 0.6) is 5.75 Å². The fraction of sp³-hybridized carbons (Fsp3) is 0.323. The molecule has 5 rings (SSSR count). The van der Waals surface area contributed by atoms with Crippen molar-refractivity contribution in [3.63, 3.8) is 0 Å². The summed E-state index contributed by atoms with van der Waals surface area (Å²) in [6.45, 7) is 6.11. The van der Waals surface area contributed by atoms with Crippen LogP contribution in [0.25, 0.3) is 0 Å². The number of hydrogen-bond acceptors (Lipinski definition) is 5. The fourth-order valence-electron chi connectivity index (χ4n) is 6.31. The molecule has 0 aliphatic carbocycles. The molecule has 1 spiro atoms. The molecule has 0 bridgehead atoms. The highest BCUT2D eigenvalue weighted by Crippen LogP contribution is 2.57. The second-order valence-corrected chi connectivity index (χ2v) is 12.7. The van der Waals surface area contributed by atoms with Gasteiger partial charge < -0.3 is 25.8 Å². The lowest BCUT2D eigenvalue weighted by atomic mass is 9.62. The second kappa shape index (κ2) is 10.9. The molecule has 4 N–H and O–H groups in total. The largest absolute Gasteiger partial charge is 0.495 e. The first-order valence-corrected chi connectivity index (χ1v) is 14.1. The van der Waals surface area contributed by atoms with Gasteiger partial charge in [-0.05, 0) is 71.5 Å². The number of carboxylic acid groups (broad SMARTS) is 1. The summed E-state index contributed by atoms with van der Waals surface area (Å²) in [5.41, 5.74) is 0.153. The number of amides is 2. The van der Waals surface area contributed by atoms with Gasteiger partial charge in [0.15, 0.2) is 0 Å². The van der Waals surface area contributed by atoms with Crippen LogP contribution in [0.2, 0.25) is 10.0 Å². The van der Waals surface area contributed by atoms with E-state index in [1.165, 1.54) is 37.4 Å². The summed E-state index contributed by atoms with van der Waals surface area (Å²) in [6, 6.07) is 11.7. The number of nitrogens with one attached hydrogen (secondary N) is 3. The van der Waals surface area contributed by atoms with Crippen LogP contribution in [0.4, 0.5) is 15.8 Å². The van der Waals surface area contributed by atoms with Gasteiger partial charge in [-0.25, -0.2) is 9.18 Å². The predicted octanol–water partition coefficient (Wildman–Crippen LogP) is 6.23. The lowest BCUT2D eigenvalue weighted by Crippen LogP contribution is -2.49. The van der Waals surface area contributed by atoms with E-state index in [1.54, 1.807) is 24.3 Å². The van der Waals surface area contributed by atoms with Gasteiger partial charge in [-0.2, -0.15) is 0 Å². The molecule has 42 heavy (non-hydrogen) atoms. The number of carboxylic acids is 1. The molecule has 1 fully saturated rings. The van der Waals surface area contributed by atoms with Crippen LogP contribution in [0, 0.1) is 11.2 Å². The molecule has 3 aromatic carbocycles. The van der Waals surface area contributed by atoms with Crippen LogP contribution in [0.15, 0.2) is 54.6 Å². The van der Waals surface area contributed by atoms with Gasteiger partial charge in [-0.15, -0.1) is 0 Å². The molecule has 0 radical (unpaired) electrons. The molecule has 1 unspecified atom stereocenters. The minimum atomic E-state index is -1.33. The number of benzene rings is 3. The predicted molar refractivity (Wildman–Crippen MR) is 159 cm³/mol. The first kappa shape index (κ1) is 29.8. The molecule has 3 aromatic rings. The number of aromatic carboxylic acids is 1. The van der Waals surface area contributed by atoms with E-state index < -0.39 is 41.1 Å². The van der Waals surface area contributed by atoms with Gasteiger partial charge in [0, 0.05) is 27.7 Å². The number of rotatable bonds is 6. The maximum Gasteiger partial charge on any atom is 0.335 e. The van der Waals surface area contributed by atoms with Crippen molar-refractivity contribution in [2.24, 2.45) is 5.41 Å². The topological polar surface area (TPSA) is 117 Å². The van der Waals surface area contributed by atoms with E-state index in [0.29, 0.717) is 28.3 Å². The first-order chi connectivity index (χ1) is 19.7. The number of carbonyl (C=O) groups is 3. The van der Waals surface area contributed by atoms with Crippen molar-refractivity contribution in [3.8, 4) is 5.75 Å². The lowest BCUT2D eigenvalue weighted by Gasteiger charge is -2.37. The van der Waals surface area contributed by atoms with Crippen LogP contribution in [-0.2, 0) is 15.0 Å². The van der Waals surface area contributed by atoms with Crippen molar-refractivity contribution in [2.75, 3.05) is 17.7 Å². The molecular weight excluding hydrogens is 584 g/mol. The van der Waals surface area contributed by atoms with E-state index in [4.69, 9.17) is 27.9 Å². The van der Waals surface area contributed by atoms with E-state index in [-0.39, 0.29) is 33.3 Å². The van der Waals surface area contributed by atoms with Crippen molar-refractivity contribution in [2.45, 2.75) is 50.6 Å². The van der Waals surface area contributed by atoms with E-state index in [2.05, 4.69) is 16.0 Å². The number of hydrogen-bond donors (Lipinski definition) is 4. The van der Waals surface area contributed by atoms with Crippen molar-refractivity contribution in [1.82, 2.24) is 5.32 Å². The molecule has 220 valence electrons. The Kier molecular flexibility index (Phi) is 7.72. The average molecular weight is 615 g/mol. The summed E-state index contributed by atoms with van der Waals surface area (Å²) >= 11 is 12.6. The van der Waals surface area contributed by atoms with Crippen LogP contribution >= 0.6 is 23.2 Å². The third-order valence-electron chi connectivity index (χ3n) is 7.85. The van der Waals surface area contributed by atoms with E-state index in [9.17, 15) is 23.9 Å². The molecular formula is C31H30Cl2FN3O5. The zero-order chi connectivity index (χ0) is 30.6. The molecule has 2 aliphatic rings. The molecule has 8 nitrogen and oxygen atoms in total. The maximum absolute atomic E-state index is 14.9. The molecule has 4 atom stereocenters. The number of methoxy groups -OCH3 is 1. The van der Waals surface area contributed by atoms with Crippen LogP contribution in [0.1, 0.15) is 54.6 Å². The third kappa shape index (κ3) is 5.21. The summed E-state index contributed by atoms with van der Waals surface area (Å²) < 4.78 is 20.2. The van der Waals surface area contributed by atoms with Gasteiger partial charge in [0.05, 0.1) is 24.4 Å². The molecule has 2 amide bonds. The van der Waals surface area contributed by atoms with E-state index in [0.717, 1.165) is 0 Å². The second-order valence-electron chi connectivity index (χ2n) is 11.9. The molecule has 2 heterocycles. The minimum absolute atomic E-state index is 0.0155. The summed E-state index contributed by atoms with van der Waals surface area (Å²) in [5.74, 6) is -3.37. The third-order valence-corrected chi connectivity index (χ3v) is 8.31. The SMILES string of the molecule is COc1cc(C(=O)O)ccc1NC(=O)[C@@H]1N[C@@H](CC(C)(C)C)C2(C(=O)Nc3cc(Cl)ccc32)[C@H]1c1cc(F)cc(Cl)c1. The van der Waals surface area contributed by atoms with Gasteiger partial charge >= 0.3 is 5.97 Å². The Hall–Kier alpha value is -3.66. The van der Waals surface area contributed by atoms with Crippen LogP contribution in [0.3, 0.4) is 0 Å². The van der Waals surface area contributed by atoms with Crippen molar-refractivity contribution >= 4 is 52.4 Å². The number of halogens is 3. The van der Waals surface area contributed by atoms with Gasteiger partial charge in [-0.1, -0.05) is 50.0 Å². The smallest absolute Gasteiger partial charge is 0.335 e. The highest BCUT2D eigenvalue weighted by molar-refractivity contribution is 6.31. The summed E-state index contributed by atoms with van der Waals surface area (Å²) in [5, 5.41) is 19.2. The Morgan fingerprint density at radius 1 is 1.07 bits per heavy atom. The quantitative estimate of drug-likeness (QED) is 0.262. The average Bonchev–Trinajstić information content (AvgIpc) is 3.37. The molecule has 1 saturated heterocycles. The van der Waals surface area contributed by atoms with Crippen molar-refractivity contribution < 1.29 is 28.6 Å². The van der Waals surface area contributed by atoms with Crippen molar-refractivity contribution in [1.29, 1.82) is 0 Å². The minimum Gasteiger partial charge on any atom is -0.495 e. The zero-order valence-corrected chi connectivity index (χ0v) is 24.9. The monoisotopic (exact) mass is 613 g/mol. The Balaban J connectivity index is 1.69. The number of ether oxygens (including phenoxy) is 1. The van der Waals surface area contributed by atoms with Gasteiger partial charge in [0.1, 0.15) is 17.0 Å². The normalized spacial score (nSPS) is 23.0. The molecule has 11 heteroatoms. The van der Waals surface area contributed by atoms with E-state index in [1.807, 2.05) is 20.8 Å². The zero-order valence-electron chi connectivity index (χ0n) is 23.3. The Bertz CT molecular complexity index is 1590. The summed E-state index contributed by atoms with van der Waals surface area (Å²) in [6.07, 6.45) is 0.489. The van der Waals surface area contributed by atoms with Gasteiger partial charge in [-0.3, -0.25) is 9.59 Å². The standard InChI is InChI=1S/C31H30Cl2FN3O5/c1-30(2,3)14-24-31(20-7-6-17(32)13-22(20)36-29(31)41)25(16-9-18(33)12-19(34)10-16)26(37-24)27(38)35-21-8-5-15(28(39)40)11-23(21)42-4/h5-13,24-26,37H,14H2,1-4H3,(H,35,38)(H,36,41)(H,39,40)/t24-,25-,26+,31?/m0/s1. The Labute approximate surface area is 252 Å². The molecule has 2 aliphatic heterocycles. The highest BCUT2D eigenvalue weighted by Gasteiger charge is 2.65. The molecule has 0 aromatic heterocycles. The number of fused-ring (bicyclic) bond motifs is 2. The maximum atomic E-state index is 14.9. The summed E-state index contributed by atoms with van der Waals surface area (Å²) in [4.78, 5) is 39.8. The molecule has 0 saturated carbocycles. The van der Waals surface area contributed by atoms with Gasteiger partial charge in [0.25, 0.3) is 0 Å². The number of carbonyl (C=O) groups excluding carboxylic acids is 2. The highest BCUT2D eigenvalue weighted by atomic mass is 35.5. The van der Waals surface area contributed by atoms with E-state index >= 15 is 0 Å². The first-order valence-electron chi connectivity index (χ1n) is 13.3. The number of anilines is 2. The van der Waals surface area contributed by atoms with Crippen LogP contribution < -0.4 is 20.7 Å². The lowest BCUT2D eigenvalue weighted by molar-refractivity contribution is -0.122.